The number of methoxy groups -OCH3 is 1. The van der Waals surface area contributed by atoms with Gasteiger partial charge >= 0.3 is 0 Å². The van der Waals surface area contributed by atoms with Gasteiger partial charge in [-0.2, -0.15) is 5.26 Å². The van der Waals surface area contributed by atoms with Gasteiger partial charge in [-0.05, 0) is 49.1 Å². The Labute approximate surface area is 164 Å². The first-order valence-electron chi connectivity index (χ1n) is 9.68. The summed E-state index contributed by atoms with van der Waals surface area (Å²) in [6.07, 6.45) is 2.92. The summed E-state index contributed by atoms with van der Waals surface area (Å²) in [7, 11) is 1.65. The van der Waals surface area contributed by atoms with Gasteiger partial charge in [0.2, 0.25) is 5.91 Å². The van der Waals surface area contributed by atoms with Crippen LogP contribution >= 0.6 is 0 Å². The van der Waals surface area contributed by atoms with Crippen molar-refractivity contribution in [3.8, 4) is 23.1 Å². The van der Waals surface area contributed by atoms with Crippen molar-refractivity contribution in [2.75, 3.05) is 12.4 Å². The normalized spacial score (nSPS) is 13.3. The topological polar surface area (TPSA) is 67.0 Å². The van der Waals surface area contributed by atoms with E-state index in [0.29, 0.717) is 5.56 Å². The molecule has 1 N–H and O–H groups in total. The molecule has 4 rings (SSSR count). The summed E-state index contributed by atoms with van der Waals surface area (Å²) in [6, 6.07) is 16.0. The van der Waals surface area contributed by atoms with E-state index in [1.54, 1.807) is 7.11 Å². The van der Waals surface area contributed by atoms with Gasteiger partial charge in [-0.25, -0.2) is 0 Å². The van der Waals surface area contributed by atoms with Crippen LogP contribution in [0, 0.1) is 17.2 Å². The van der Waals surface area contributed by atoms with Crippen molar-refractivity contribution in [1.29, 1.82) is 5.26 Å². The monoisotopic (exact) mass is 373 g/mol. The SMILES string of the molecule is CCCn1c(-c2ccc(NC(=O)C3CC3)cc2)c(C#N)c2ccc(OC)cc21. The first-order valence-corrected chi connectivity index (χ1v) is 9.68. The lowest BCUT2D eigenvalue weighted by Gasteiger charge is -2.11. The summed E-state index contributed by atoms with van der Waals surface area (Å²) < 4.78 is 7.57. The number of carbonyl (C=O) groups is 1. The van der Waals surface area contributed by atoms with Crippen LogP contribution in [0.15, 0.2) is 42.5 Å². The molecule has 142 valence electrons. The minimum atomic E-state index is 0.0951. The van der Waals surface area contributed by atoms with Crippen molar-refractivity contribution in [1.82, 2.24) is 4.57 Å². The van der Waals surface area contributed by atoms with E-state index >= 15 is 0 Å². The number of aromatic nitrogens is 1. The molecule has 28 heavy (non-hydrogen) atoms. The van der Waals surface area contributed by atoms with Crippen LogP contribution in [0.1, 0.15) is 31.7 Å². The second kappa shape index (κ2) is 7.40. The van der Waals surface area contributed by atoms with Gasteiger partial charge in [0.1, 0.15) is 11.8 Å². The van der Waals surface area contributed by atoms with Gasteiger partial charge in [0.15, 0.2) is 0 Å². The third kappa shape index (κ3) is 3.22. The molecule has 5 heteroatoms. The van der Waals surface area contributed by atoms with Crippen LogP contribution < -0.4 is 10.1 Å². The number of hydrogen-bond donors (Lipinski definition) is 1. The van der Waals surface area contributed by atoms with E-state index in [4.69, 9.17) is 4.74 Å². The molecule has 0 bridgehead atoms. The third-order valence-corrected chi connectivity index (χ3v) is 5.20. The number of nitriles is 1. The average Bonchev–Trinajstić information content (AvgIpc) is 3.53. The maximum atomic E-state index is 12.0. The highest BCUT2D eigenvalue weighted by atomic mass is 16.5. The van der Waals surface area contributed by atoms with Crippen LogP contribution in [0.2, 0.25) is 0 Å². The van der Waals surface area contributed by atoms with E-state index in [0.717, 1.165) is 59.4 Å². The first kappa shape index (κ1) is 18.1. The van der Waals surface area contributed by atoms with Gasteiger partial charge in [-0.1, -0.05) is 19.1 Å². The van der Waals surface area contributed by atoms with E-state index in [1.165, 1.54) is 0 Å². The molecular weight excluding hydrogens is 350 g/mol. The lowest BCUT2D eigenvalue weighted by Crippen LogP contribution is -2.13. The summed E-state index contributed by atoms with van der Waals surface area (Å²) in [4.78, 5) is 12.0. The van der Waals surface area contributed by atoms with E-state index in [9.17, 15) is 10.1 Å². The number of carbonyl (C=O) groups excluding carboxylic acids is 1. The van der Waals surface area contributed by atoms with Crippen LogP contribution in [-0.4, -0.2) is 17.6 Å². The number of ether oxygens (including phenoxy) is 1. The van der Waals surface area contributed by atoms with Crippen LogP contribution in [0.5, 0.6) is 5.75 Å². The highest BCUT2D eigenvalue weighted by Gasteiger charge is 2.29. The molecule has 0 aliphatic heterocycles. The minimum Gasteiger partial charge on any atom is -0.497 e. The third-order valence-electron chi connectivity index (χ3n) is 5.20. The summed E-state index contributed by atoms with van der Waals surface area (Å²) in [6.45, 7) is 2.93. The van der Waals surface area contributed by atoms with E-state index in [1.807, 2.05) is 42.5 Å². The molecule has 0 radical (unpaired) electrons. The molecule has 5 nitrogen and oxygen atoms in total. The molecule has 1 heterocycles. The van der Waals surface area contributed by atoms with E-state index in [2.05, 4.69) is 22.9 Å². The molecule has 2 aromatic carbocycles. The van der Waals surface area contributed by atoms with Crippen LogP contribution in [-0.2, 0) is 11.3 Å². The van der Waals surface area contributed by atoms with Gasteiger partial charge in [0.05, 0.1) is 23.9 Å². The van der Waals surface area contributed by atoms with Crippen molar-refractivity contribution in [3.05, 3.63) is 48.0 Å². The zero-order valence-electron chi connectivity index (χ0n) is 16.2. The predicted octanol–water partition coefficient (Wildman–Crippen LogP) is 4.95. The molecule has 0 unspecified atom stereocenters. The van der Waals surface area contributed by atoms with Crippen LogP contribution in [0.25, 0.3) is 22.2 Å². The largest absolute Gasteiger partial charge is 0.497 e. The number of rotatable bonds is 6. The lowest BCUT2D eigenvalue weighted by atomic mass is 10.1. The molecular formula is C23H23N3O2. The first-order chi connectivity index (χ1) is 13.7. The van der Waals surface area contributed by atoms with Crippen LogP contribution in [0.3, 0.4) is 0 Å². The van der Waals surface area contributed by atoms with Gasteiger partial charge in [-0.3, -0.25) is 4.79 Å². The number of amides is 1. The molecule has 3 aromatic rings. The Hall–Kier alpha value is -3.26. The smallest absolute Gasteiger partial charge is 0.227 e. The molecule has 1 saturated carbocycles. The maximum Gasteiger partial charge on any atom is 0.227 e. The lowest BCUT2D eigenvalue weighted by molar-refractivity contribution is -0.117. The van der Waals surface area contributed by atoms with Crippen molar-refractivity contribution < 1.29 is 9.53 Å². The molecule has 1 fully saturated rings. The Morgan fingerprint density at radius 1 is 1.25 bits per heavy atom. The Balaban J connectivity index is 1.79. The zero-order chi connectivity index (χ0) is 19.7. The van der Waals surface area contributed by atoms with Gasteiger partial charge in [0, 0.05) is 29.6 Å². The Morgan fingerprint density at radius 3 is 2.61 bits per heavy atom. The molecule has 1 aromatic heterocycles. The number of benzene rings is 2. The Bertz CT molecular complexity index is 1070. The highest BCUT2D eigenvalue weighted by Crippen LogP contribution is 2.36. The fourth-order valence-electron chi connectivity index (χ4n) is 3.63. The highest BCUT2D eigenvalue weighted by molar-refractivity contribution is 5.96. The number of anilines is 1. The summed E-state index contributed by atoms with van der Waals surface area (Å²) >= 11 is 0. The van der Waals surface area contributed by atoms with Gasteiger partial charge < -0.3 is 14.6 Å². The second-order valence-electron chi connectivity index (χ2n) is 7.21. The van der Waals surface area contributed by atoms with Crippen molar-refractivity contribution in [3.63, 3.8) is 0 Å². The van der Waals surface area contributed by atoms with Crippen molar-refractivity contribution in [2.24, 2.45) is 5.92 Å². The molecule has 1 amide bonds. The number of aryl methyl sites for hydroxylation is 1. The number of nitrogens with zero attached hydrogens (tertiary/aromatic N) is 2. The standard InChI is InChI=1S/C23H23N3O2/c1-3-12-26-21-13-18(28-2)10-11-19(21)20(14-24)22(26)15-6-8-17(9-7-15)25-23(27)16-4-5-16/h6-11,13,16H,3-5,12H2,1-2H3,(H,25,27). The molecule has 1 aliphatic carbocycles. The zero-order valence-corrected chi connectivity index (χ0v) is 16.2. The molecule has 0 saturated heterocycles. The molecule has 1 aliphatic rings. The quantitative estimate of drug-likeness (QED) is 0.665. The van der Waals surface area contributed by atoms with Gasteiger partial charge in [0.25, 0.3) is 0 Å². The van der Waals surface area contributed by atoms with Gasteiger partial charge in [-0.15, -0.1) is 0 Å². The summed E-state index contributed by atoms with van der Waals surface area (Å²) in [5.41, 5.74) is 4.33. The van der Waals surface area contributed by atoms with E-state index in [-0.39, 0.29) is 11.8 Å². The number of hydrogen-bond acceptors (Lipinski definition) is 3. The fraction of sp³-hybridized carbons (Fsp3) is 0.304. The summed E-state index contributed by atoms with van der Waals surface area (Å²) in [5, 5.41) is 13.8. The van der Waals surface area contributed by atoms with E-state index < -0.39 is 0 Å². The predicted molar refractivity (Wildman–Crippen MR) is 110 cm³/mol. The molecule has 0 spiro atoms. The average molecular weight is 373 g/mol. The van der Waals surface area contributed by atoms with Crippen molar-refractivity contribution >= 4 is 22.5 Å². The van der Waals surface area contributed by atoms with Crippen molar-refractivity contribution in [2.45, 2.75) is 32.7 Å². The molecule has 0 atom stereocenters. The fourth-order valence-corrected chi connectivity index (χ4v) is 3.63. The summed E-state index contributed by atoms with van der Waals surface area (Å²) in [5.74, 6) is 1.04. The number of nitrogens with one attached hydrogen (secondary N) is 1. The maximum absolute atomic E-state index is 12.0. The Kier molecular flexibility index (Phi) is 4.79. The Morgan fingerprint density at radius 2 is 2.00 bits per heavy atom. The minimum absolute atomic E-state index is 0.0951. The number of fused-ring (bicyclic) bond motifs is 1. The second-order valence-corrected chi connectivity index (χ2v) is 7.21. The van der Waals surface area contributed by atoms with Crippen LogP contribution in [0.4, 0.5) is 5.69 Å².